The molecule has 0 aromatic carbocycles. The van der Waals surface area contributed by atoms with Crippen molar-refractivity contribution >= 4 is 11.8 Å². The Hall–Kier alpha value is 0.270. The molecule has 0 aliphatic heterocycles. The Labute approximate surface area is 67.6 Å². The second kappa shape index (κ2) is 7.38. The number of aliphatic hydroxyl groups is 1. The fourth-order valence-electron chi connectivity index (χ4n) is 0.647. The van der Waals surface area contributed by atoms with Gasteiger partial charge in [0.15, 0.2) is 0 Å². The molecule has 0 amide bonds. The van der Waals surface area contributed by atoms with E-state index in [1.807, 2.05) is 18.8 Å². The van der Waals surface area contributed by atoms with Gasteiger partial charge in [0.05, 0.1) is 6.61 Å². The zero-order chi connectivity index (χ0) is 7.82. The Balaban J connectivity index is 2.97. The lowest BCUT2D eigenvalue weighted by Crippen LogP contribution is -2.24. The van der Waals surface area contributed by atoms with Gasteiger partial charge in [0.2, 0.25) is 0 Å². The molecule has 0 atom stereocenters. The predicted molar refractivity (Wildman–Crippen MR) is 47.6 cm³/mol. The van der Waals surface area contributed by atoms with Gasteiger partial charge in [-0.05, 0) is 12.8 Å². The molecule has 0 fully saturated rings. The first-order valence-corrected chi connectivity index (χ1v) is 4.84. The van der Waals surface area contributed by atoms with Crippen LogP contribution in [0.25, 0.3) is 0 Å². The van der Waals surface area contributed by atoms with Crippen LogP contribution in [0, 0.1) is 0 Å². The minimum absolute atomic E-state index is 0.271. The van der Waals surface area contributed by atoms with E-state index in [0.717, 1.165) is 13.1 Å². The van der Waals surface area contributed by atoms with Crippen LogP contribution in [0.2, 0.25) is 0 Å². The average Bonchev–Trinajstić information content (AvgIpc) is 1.89. The summed E-state index contributed by atoms with van der Waals surface area (Å²) in [4.78, 5) is 2.14. The number of thioether (sulfide) groups is 1. The molecule has 0 saturated heterocycles. The average molecular weight is 163 g/mol. The minimum Gasteiger partial charge on any atom is -0.395 e. The van der Waals surface area contributed by atoms with Crippen LogP contribution in [0.5, 0.6) is 0 Å². The Morgan fingerprint density at radius 1 is 1.40 bits per heavy atom. The molecule has 0 aromatic heterocycles. The first kappa shape index (κ1) is 10.3. The lowest BCUT2D eigenvalue weighted by molar-refractivity contribution is 0.228. The summed E-state index contributed by atoms with van der Waals surface area (Å²) in [5.74, 6) is 2.36. The molecule has 0 bridgehead atoms. The summed E-state index contributed by atoms with van der Waals surface area (Å²) in [6.07, 6.45) is 0. The van der Waals surface area contributed by atoms with Gasteiger partial charge >= 0.3 is 0 Å². The van der Waals surface area contributed by atoms with Crippen LogP contribution < -0.4 is 0 Å². The quantitative estimate of drug-likeness (QED) is 0.582. The van der Waals surface area contributed by atoms with Crippen molar-refractivity contribution in [2.75, 3.05) is 38.2 Å². The van der Waals surface area contributed by atoms with Gasteiger partial charge < -0.3 is 10.0 Å². The van der Waals surface area contributed by atoms with Gasteiger partial charge in [0.25, 0.3) is 0 Å². The van der Waals surface area contributed by atoms with Crippen LogP contribution in [0.3, 0.4) is 0 Å². The van der Waals surface area contributed by atoms with Crippen LogP contribution in [-0.2, 0) is 0 Å². The molecule has 0 aliphatic carbocycles. The topological polar surface area (TPSA) is 23.5 Å². The molecule has 0 radical (unpaired) electrons. The Bertz CT molecular complexity index is 70.6. The first-order chi connectivity index (χ1) is 4.81. The number of hydrogen-bond acceptors (Lipinski definition) is 3. The van der Waals surface area contributed by atoms with Crippen LogP contribution in [0.1, 0.15) is 6.92 Å². The number of nitrogens with zero attached hydrogens (tertiary/aromatic N) is 1. The number of likely N-dealkylation sites (N-methyl/N-ethyl adjacent to an activating group) is 1. The summed E-state index contributed by atoms with van der Waals surface area (Å²) in [5, 5.41) is 8.54. The van der Waals surface area contributed by atoms with Crippen LogP contribution in [-0.4, -0.2) is 48.3 Å². The highest BCUT2D eigenvalue weighted by Gasteiger charge is 1.94. The highest BCUT2D eigenvalue weighted by atomic mass is 32.2. The van der Waals surface area contributed by atoms with E-state index in [-0.39, 0.29) is 6.61 Å². The Kier molecular flexibility index (Phi) is 7.58. The van der Waals surface area contributed by atoms with E-state index >= 15 is 0 Å². The molecule has 0 spiro atoms. The van der Waals surface area contributed by atoms with Crippen LogP contribution in [0.4, 0.5) is 0 Å². The molecule has 2 nitrogen and oxygen atoms in total. The van der Waals surface area contributed by atoms with Gasteiger partial charge in [0, 0.05) is 18.8 Å². The van der Waals surface area contributed by atoms with Gasteiger partial charge in [-0.15, -0.1) is 0 Å². The fraction of sp³-hybridized carbons (Fsp3) is 1.00. The molecule has 0 unspecified atom stereocenters. The molecule has 0 heterocycles. The van der Waals surface area contributed by atoms with E-state index in [4.69, 9.17) is 5.11 Å². The third-order valence-corrected chi connectivity index (χ3v) is 2.18. The molecule has 0 aliphatic rings. The lowest BCUT2D eigenvalue weighted by atomic mass is 10.5. The van der Waals surface area contributed by atoms with Gasteiger partial charge in [-0.3, -0.25) is 0 Å². The maximum absolute atomic E-state index is 8.54. The van der Waals surface area contributed by atoms with Crippen molar-refractivity contribution < 1.29 is 5.11 Å². The first-order valence-electron chi connectivity index (χ1n) is 3.68. The van der Waals surface area contributed by atoms with Crippen LogP contribution >= 0.6 is 11.8 Å². The van der Waals surface area contributed by atoms with Crippen LogP contribution in [0.15, 0.2) is 0 Å². The molecule has 0 aromatic rings. The third kappa shape index (κ3) is 6.39. The summed E-state index contributed by atoms with van der Waals surface area (Å²) in [7, 11) is 2.03. The van der Waals surface area contributed by atoms with Gasteiger partial charge in [-0.25, -0.2) is 0 Å². The maximum Gasteiger partial charge on any atom is 0.0558 e. The highest BCUT2D eigenvalue weighted by Crippen LogP contribution is 1.97. The molecule has 1 N–H and O–H groups in total. The van der Waals surface area contributed by atoms with E-state index < -0.39 is 0 Å². The summed E-state index contributed by atoms with van der Waals surface area (Å²) < 4.78 is 0. The second-order valence-corrected chi connectivity index (χ2v) is 3.62. The van der Waals surface area contributed by atoms with Crippen molar-refractivity contribution in [3.8, 4) is 0 Å². The monoisotopic (exact) mass is 163 g/mol. The standard InChI is InChI=1S/C7H17NOS/c1-3-10-7-5-8(2)4-6-9/h9H,3-7H2,1-2H3. The zero-order valence-corrected chi connectivity index (χ0v) is 7.65. The minimum atomic E-state index is 0.271. The molecule has 0 rings (SSSR count). The SMILES string of the molecule is CCSCCN(C)CCO. The normalized spacial score (nSPS) is 10.8. The Morgan fingerprint density at radius 3 is 2.60 bits per heavy atom. The van der Waals surface area contributed by atoms with Crippen molar-refractivity contribution in [1.82, 2.24) is 4.90 Å². The van der Waals surface area contributed by atoms with Crippen molar-refractivity contribution in [1.29, 1.82) is 0 Å². The van der Waals surface area contributed by atoms with Gasteiger partial charge in [-0.1, -0.05) is 6.92 Å². The number of hydrogen-bond donors (Lipinski definition) is 1. The zero-order valence-electron chi connectivity index (χ0n) is 6.84. The summed E-state index contributed by atoms with van der Waals surface area (Å²) in [6, 6.07) is 0. The van der Waals surface area contributed by atoms with Crippen molar-refractivity contribution in [2.45, 2.75) is 6.92 Å². The number of aliphatic hydroxyl groups excluding tert-OH is 1. The van der Waals surface area contributed by atoms with E-state index in [2.05, 4.69) is 11.8 Å². The van der Waals surface area contributed by atoms with E-state index in [9.17, 15) is 0 Å². The van der Waals surface area contributed by atoms with Crippen molar-refractivity contribution in [3.63, 3.8) is 0 Å². The summed E-state index contributed by atoms with van der Waals surface area (Å²) >= 11 is 1.94. The molecule has 0 saturated carbocycles. The van der Waals surface area contributed by atoms with E-state index in [1.165, 1.54) is 11.5 Å². The molecule has 62 valence electrons. The Morgan fingerprint density at radius 2 is 2.10 bits per heavy atom. The largest absolute Gasteiger partial charge is 0.395 e. The molecule has 3 heteroatoms. The summed E-state index contributed by atoms with van der Waals surface area (Å²) in [6.45, 7) is 4.31. The van der Waals surface area contributed by atoms with Gasteiger partial charge in [-0.2, -0.15) is 11.8 Å². The number of rotatable bonds is 6. The predicted octanol–water partition coefficient (Wildman–Crippen LogP) is 0.664. The van der Waals surface area contributed by atoms with Gasteiger partial charge in [0.1, 0.15) is 0 Å². The lowest BCUT2D eigenvalue weighted by Gasteiger charge is -2.13. The smallest absolute Gasteiger partial charge is 0.0558 e. The van der Waals surface area contributed by atoms with Crippen molar-refractivity contribution in [2.24, 2.45) is 0 Å². The third-order valence-electron chi connectivity index (χ3n) is 1.30. The molecular weight excluding hydrogens is 146 g/mol. The molecule has 10 heavy (non-hydrogen) atoms. The maximum atomic E-state index is 8.54. The van der Waals surface area contributed by atoms with E-state index in [0.29, 0.717) is 0 Å². The highest BCUT2D eigenvalue weighted by molar-refractivity contribution is 7.99. The van der Waals surface area contributed by atoms with E-state index in [1.54, 1.807) is 0 Å². The summed E-state index contributed by atoms with van der Waals surface area (Å²) in [5.41, 5.74) is 0. The fourth-order valence-corrected chi connectivity index (χ4v) is 1.38. The van der Waals surface area contributed by atoms with Crippen molar-refractivity contribution in [3.05, 3.63) is 0 Å². The second-order valence-electron chi connectivity index (χ2n) is 2.22. The molecular formula is C7H17NOS.